The van der Waals surface area contributed by atoms with Crippen LogP contribution in [-0.4, -0.2) is 62.3 Å². The minimum atomic E-state index is 0.875. The molecule has 0 bridgehead atoms. The van der Waals surface area contributed by atoms with Gasteiger partial charge in [0, 0.05) is 19.7 Å². The number of ether oxygens (including phenoxy) is 1. The van der Waals surface area contributed by atoms with Gasteiger partial charge in [-0.05, 0) is 32.6 Å². The van der Waals surface area contributed by atoms with Crippen LogP contribution in [0.3, 0.4) is 0 Å². The first-order valence-electron chi connectivity index (χ1n) is 6.80. The lowest BCUT2D eigenvalue weighted by molar-refractivity contribution is 0.0986. The van der Waals surface area contributed by atoms with E-state index in [2.05, 4.69) is 37.5 Å². The molecule has 0 rings (SSSR count). The van der Waals surface area contributed by atoms with E-state index in [0.29, 0.717) is 0 Å². The zero-order valence-electron chi connectivity index (χ0n) is 11.7. The highest BCUT2D eigenvalue weighted by atomic mass is 16.5. The van der Waals surface area contributed by atoms with Gasteiger partial charge >= 0.3 is 0 Å². The normalized spacial score (nSPS) is 11.6. The summed E-state index contributed by atoms with van der Waals surface area (Å²) in [5.74, 6) is 0. The van der Waals surface area contributed by atoms with E-state index in [-0.39, 0.29) is 0 Å². The van der Waals surface area contributed by atoms with Crippen molar-refractivity contribution in [2.24, 2.45) is 0 Å². The van der Waals surface area contributed by atoms with Crippen molar-refractivity contribution in [2.45, 2.75) is 34.1 Å². The van der Waals surface area contributed by atoms with Crippen LogP contribution in [0.2, 0.25) is 0 Å². The number of rotatable bonds is 11. The van der Waals surface area contributed by atoms with Gasteiger partial charge in [0.05, 0.1) is 6.61 Å². The summed E-state index contributed by atoms with van der Waals surface area (Å²) in [6, 6.07) is 0. The summed E-state index contributed by atoms with van der Waals surface area (Å²) < 4.78 is 5.64. The van der Waals surface area contributed by atoms with Crippen molar-refractivity contribution in [3.63, 3.8) is 0 Å². The Labute approximate surface area is 102 Å². The van der Waals surface area contributed by atoms with Crippen LogP contribution in [-0.2, 0) is 4.74 Å². The van der Waals surface area contributed by atoms with E-state index < -0.39 is 0 Å². The zero-order chi connectivity index (χ0) is 12.2. The second-order valence-corrected chi connectivity index (χ2v) is 4.02. The van der Waals surface area contributed by atoms with E-state index in [1.54, 1.807) is 0 Å². The van der Waals surface area contributed by atoms with Gasteiger partial charge < -0.3 is 14.5 Å². The first-order chi connectivity index (χ1) is 7.78. The van der Waals surface area contributed by atoms with Crippen molar-refractivity contribution in [1.29, 1.82) is 0 Å². The molecule has 0 fully saturated rings. The molecule has 0 saturated heterocycles. The minimum absolute atomic E-state index is 0.875. The molecule has 0 atom stereocenters. The predicted molar refractivity (Wildman–Crippen MR) is 71.0 cm³/mol. The summed E-state index contributed by atoms with van der Waals surface area (Å²) >= 11 is 0. The molecule has 0 N–H and O–H groups in total. The molecular formula is C13H30N2O. The standard InChI is InChI=1S/C13H30N2O/c1-5-14(6-2)10-9-12-16-13-11-15(7-3)8-4/h5-13H2,1-4H3. The molecule has 98 valence electrons. The molecule has 0 aromatic carbocycles. The SMILES string of the molecule is CCN(CC)CCCOCCN(CC)CC. The maximum absolute atomic E-state index is 5.64. The van der Waals surface area contributed by atoms with Crippen molar-refractivity contribution in [3.8, 4) is 0 Å². The summed E-state index contributed by atoms with van der Waals surface area (Å²) in [7, 11) is 0. The molecule has 0 aliphatic heterocycles. The molecule has 0 aromatic rings. The van der Waals surface area contributed by atoms with E-state index in [9.17, 15) is 0 Å². The first kappa shape index (κ1) is 15.9. The van der Waals surface area contributed by atoms with E-state index in [1.807, 2.05) is 0 Å². The number of nitrogens with zero attached hydrogens (tertiary/aromatic N) is 2. The highest BCUT2D eigenvalue weighted by molar-refractivity contribution is 4.53. The third kappa shape index (κ3) is 8.08. The Morgan fingerprint density at radius 2 is 1.19 bits per heavy atom. The molecule has 0 radical (unpaired) electrons. The molecule has 0 saturated carbocycles. The van der Waals surface area contributed by atoms with Gasteiger partial charge in [0.25, 0.3) is 0 Å². The molecule has 0 heterocycles. The zero-order valence-corrected chi connectivity index (χ0v) is 11.7. The van der Waals surface area contributed by atoms with Crippen LogP contribution in [0.15, 0.2) is 0 Å². The van der Waals surface area contributed by atoms with Crippen LogP contribution in [0.25, 0.3) is 0 Å². The van der Waals surface area contributed by atoms with Crippen molar-refractivity contribution < 1.29 is 4.74 Å². The van der Waals surface area contributed by atoms with Crippen molar-refractivity contribution in [2.75, 3.05) is 52.5 Å². The maximum atomic E-state index is 5.64. The van der Waals surface area contributed by atoms with Gasteiger partial charge in [0.15, 0.2) is 0 Å². The van der Waals surface area contributed by atoms with E-state index in [4.69, 9.17) is 4.74 Å². The van der Waals surface area contributed by atoms with Crippen LogP contribution in [0, 0.1) is 0 Å². The van der Waals surface area contributed by atoms with Gasteiger partial charge in [0.1, 0.15) is 0 Å². The highest BCUT2D eigenvalue weighted by Gasteiger charge is 2.00. The van der Waals surface area contributed by atoms with E-state index in [0.717, 1.165) is 58.9 Å². The summed E-state index contributed by atoms with van der Waals surface area (Å²) in [5, 5.41) is 0. The minimum Gasteiger partial charge on any atom is -0.380 e. The van der Waals surface area contributed by atoms with Crippen molar-refractivity contribution >= 4 is 0 Å². The predicted octanol–water partition coefficient (Wildman–Crippen LogP) is 2.08. The summed E-state index contributed by atoms with van der Waals surface area (Å²) in [4.78, 5) is 4.83. The van der Waals surface area contributed by atoms with E-state index >= 15 is 0 Å². The first-order valence-corrected chi connectivity index (χ1v) is 6.80. The molecule has 0 amide bonds. The highest BCUT2D eigenvalue weighted by Crippen LogP contribution is 1.92. The molecule has 0 aliphatic carbocycles. The number of hydrogen-bond acceptors (Lipinski definition) is 3. The Morgan fingerprint density at radius 3 is 1.69 bits per heavy atom. The molecule has 0 aromatic heterocycles. The number of hydrogen-bond donors (Lipinski definition) is 0. The van der Waals surface area contributed by atoms with Gasteiger partial charge in [-0.15, -0.1) is 0 Å². The summed E-state index contributed by atoms with van der Waals surface area (Å²) in [6.07, 6.45) is 1.15. The van der Waals surface area contributed by atoms with Crippen LogP contribution in [0.5, 0.6) is 0 Å². The average molecular weight is 230 g/mol. The maximum Gasteiger partial charge on any atom is 0.0593 e. The lowest BCUT2D eigenvalue weighted by Crippen LogP contribution is -2.28. The smallest absolute Gasteiger partial charge is 0.0593 e. The number of likely N-dealkylation sites (N-methyl/N-ethyl adjacent to an activating group) is 1. The van der Waals surface area contributed by atoms with Crippen molar-refractivity contribution in [3.05, 3.63) is 0 Å². The Morgan fingerprint density at radius 1 is 0.688 bits per heavy atom. The van der Waals surface area contributed by atoms with Crippen LogP contribution in [0.4, 0.5) is 0 Å². The van der Waals surface area contributed by atoms with Gasteiger partial charge in [-0.2, -0.15) is 0 Å². The fraction of sp³-hybridized carbons (Fsp3) is 1.00. The van der Waals surface area contributed by atoms with Crippen LogP contribution >= 0.6 is 0 Å². The fourth-order valence-corrected chi connectivity index (χ4v) is 1.77. The quantitative estimate of drug-likeness (QED) is 0.505. The topological polar surface area (TPSA) is 15.7 Å². The molecule has 0 unspecified atom stereocenters. The summed E-state index contributed by atoms with van der Waals surface area (Å²) in [6.45, 7) is 17.4. The molecule has 3 heteroatoms. The molecule has 0 aliphatic rings. The van der Waals surface area contributed by atoms with Gasteiger partial charge in [0.2, 0.25) is 0 Å². The van der Waals surface area contributed by atoms with Crippen LogP contribution in [0.1, 0.15) is 34.1 Å². The molecule has 0 spiro atoms. The third-order valence-corrected chi connectivity index (χ3v) is 3.10. The monoisotopic (exact) mass is 230 g/mol. The lowest BCUT2D eigenvalue weighted by Gasteiger charge is -2.19. The van der Waals surface area contributed by atoms with Crippen LogP contribution < -0.4 is 0 Å². The lowest BCUT2D eigenvalue weighted by atomic mass is 10.4. The Hall–Kier alpha value is -0.120. The second-order valence-electron chi connectivity index (χ2n) is 4.02. The Kier molecular flexibility index (Phi) is 11.3. The molecular weight excluding hydrogens is 200 g/mol. The largest absolute Gasteiger partial charge is 0.380 e. The van der Waals surface area contributed by atoms with Gasteiger partial charge in [-0.3, -0.25) is 0 Å². The Bertz CT molecular complexity index is 118. The van der Waals surface area contributed by atoms with E-state index in [1.165, 1.54) is 0 Å². The Balaban J connectivity index is 3.26. The van der Waals surface area contributed by atoms with Gasteiger partial charge in [-0.25, -0.2) is 0 Å². The molecule has 16 heavy (non-hydrogen) atoms. The molecule has 3 nitrogen and oxygen atoms in total. The van der Waals surface area contributed by atoms with Gasteiger partial charge in [-0.1, -0.05) is 27.7 Å². The third-order valence-electron chi connectivity index (χ3n) is 3.10. The average Bonchev–Trinajstić information content (AvgIpc) is 2.33. The van der Waals surface area contributed by atoms with Crippen molar-refractivity contribution in [1.82, 2.24) is 9.80 Å². The summed E-state index contributed by atoms with van der Waals surface area (Å²) in [5.41, 5.74) is 0. The second kappa shape index (κ2) is 11.4. The fourth-order valence-electron chi connectivity index (χ4n) is 1.77.